The summed E-state index contributed by atoms with van der Waals surface area (Å²) in [6.07, 6.45) is -0.0177. The fourth-order valence-electron chi connectivity index (χ4n) is 3.09. The number of cyclic esters (lactones) is 1. The zero-order chi connectivity index (χ0) is 22.3. The van der Waals surface area contributed by atoms with E-state index in [1.807, 2.05) is 13.8 Å². The molecule has 9 nitrogen and oxygen atoms in total. The molecular formula is C20H30FN5O4. The zero-order valence-corrected chi connectivity index (χ0v) is 17.8. The third-order valence-electron chi connectivity index (χ3n) is 4.43. The van der Waals surface area contributed by atoms with Crippen molar-refractivity contribution in [3.63, 3.8) is 0 Å². The Hall–Kier alpha value is -2.88. The van der Waals surface area contributed by atoms with Crippen molar-refractivity contribution in [1.29, 1.82) is 0 Å². The molecular weight excluding hydrogens is 393 g/mol. The molecule has 1 saturated heterocycles. The number of carbonyl (C=O) groups is 2. The number of rotatable bonds is 6. The number of amides is 2. The molecule has 1 aromatic rings. The second kappa shape index (κ2) is 10.8. The topological polar surface area (TPSA) is 97.7 Å². The molecule has 0 saturated carbocycles. The summed E-state index contributed by atoms with van der Waals surface area (Å²) < 4.78 is 19.9. The Bertz CT molecular complexity index is 774. The summed E-state index contributed by atoms with van der Waals surface area (Å²) in [6.45, 7) is 9.02. The van der Waals surface area contributed by atoms with Crippen molar-refractivity contribution in [3.8, 4) is 0 Å². The van der Waals surface area contributed by atoms with Crippen molar-refractivity contribution in [2.75, 3.05) is 42.5 Å². The van der Waals surface area contributed by atoms with Crippen molar-refractivity contribution >= 4 is 29.7 Å². The maximum atomic E-state index is 14.7. The molecule has 30 heavy (non-hydrogen) atoms. The van der Waals surface area contributed by atoms with Crippen molar-refractivity contribution in [2.24, 2.45) is 5.10 Å². The highest BCUT2D eigenvalue weighted by molar-refractivity contribution is 5.90. The van der Waals surface area contributed by atoms with Crippen LogP contribution in [0.4, 0.5) is 20.6 Å². The summed E-state index contributed by atoms with van der Waals surface area (Å²) in [4.78, 5) is 26.1. The van der Waals surface area contributed by atoms with E-state index in [4.69, 9.17) is 4.74 Å². The van der Waals surface area contributed by atoms with E-state index in [0.29, 0.717) is 31.0 Å². The van der Waals surface area contributed by atoms with Gasteiger partial charge >= 0.3 is 6.09 Å². The number of benzene rings is 1. The summed E-state index contributed by atoms with van der Waals surface area (Å²) in [7, 11) is 0. The van der Waals surface area contributed by atoms with Crippen LogP contribution in [0.2, 0.25) is 0 Å². The van der Waals surface area contributed by atoms with Gasteiger partial charge in [0.2, 0.25) is 5.91 Å². The Morgan fingerprint density at radius 2 is 2.13 bits per heavy atom. The van der Waals surface area contributed by atoms with Gasteiger partial charge in [-0.2, -0.15) is 5.10 Å². The number of nitrogens with zero attached hydrogens (tertiary/aromatic N) is 4. The number of hydrogen-bond acceptors (Lipinski definition) is 7. The molecule has 10 heteroatoms. The molecule has 2 unspecified atom stereocenters. The van der Waals surface area contributed by atoms with Crippen LogP contribution in [0.25, 0.3) is 0 Å². The summed E-state index contributed by atoms with van der Waals surface area (Å²) >= 11 is 0. The number of β-amino-alcohol motifs (C(OH)–C–C–N with tert-alkyl or cyclic N) is 1. The highest BCUT2D eigenvalue weighted by Crippen LogP contribution is 2.28. The van der Waals surface area contributed by atoms with Crippen LogP contribution < -0.4 is 15.1 Å². The standard InChI is InChI=1S/C18H24FN5O4.C2H6/c1-12(25)9-23-6-5-22(11-21-23)17-4-3-14(7-16(17)19)24-10-15(28-18(24)27)8-20-13(2)26;1-2/h3-4,7,11-12,15,25H,5-6,8-10H2,1-2H3,(H,20,26);1-2H3. The lowest BCUT2D eigenvalue weighted by Crippen LogP contribution is -2.40. The van der Waals surface area contributed by atoms with Crippen LogP contribution in [0.1, 0.15) is 27.7 Å². The van der Waals surface area contributed by atoms with Gasteiger partial charge in [0.1, 0.15) is 18.3 Å². The molecule has 0 bridgehead atoms. The molecule has 0 spiro atoms. The molecule has 1 fully saturated rings. The largest absolute Gasteiger partial charge is 0.442 e. The molecule has 0 aliphatic carbocycles. The van der Waals surface area contributed by atoms with Crippen LogP contribution in [0.15, 0.2) is 23.3 Å². The summed E-state index contributed by atoms with van der Waals surface area (Å²) in [5.74, 6) is -0.689. The van der Waals surface area contributed by atoms with Gasteiger partial charge in [-0.15, -0.1) is 0 Å². The molecule has 1 aromatic carbocycles. The third kappa shape index (κ3) is 6.06. The molecule has 2 atom stereocenters. The number of anilines is 2. The maximum absolute atomic E-state index is 14.7. The van der Waals surface area contributed by atoms with E-state index in [0.717, 1.165) is 0 Å². The van der Waals surface area contributed by atoms with E-state index in [-0.39, 0.29) is 19.0 Å². The number of aliphatic hydroxyl groups excluding tert-OH is 1. The van der Waals surface area contributed by atoms with E-state index >= 15 is 0 Å². The van der Waals surface area contributed by atoms with Crippen LogP contribution in [0.3, 0.4) is 0 Å². The maximum Gasteiger partial charge on any atom is 0.414 e. The molecule has 2 aliphatic heterocycles. The van der Waals surface area contributed by atoms with E-state index in [9.17, 15) is 19.1 Å². The Kier molecular flexibility index (Phi) is 8.40. The molecule has 2 heterocycles. The van der Waals surface area contributed by atoms with Gasteiger partial charge in [0, 0.05) is 13.5 Å². The van der Waals surface area contributed by atoms with Gasteiger partial charge in [-0.05, 0) is 25.1 Å². The van der Waals surface area contributed by atoms with Crippen LogP contribution in [0.5, 0.6) is 0 Å². The van der Waals surface area contributed by atoms with Crippen LogP contribution >= 0.6 is 0 Å². The van der Waals surface area contributed by atoms with Crippen molar-refractivity contribution in [1.82, 2.24) is 10.3 Å². The summed E-state index contributed by atoms with van der Waals surface area (Å²) in [5.41, 5.74) is 0.743. The molecule has 0 aromatic heterocycles. The quantitative estimate of drug-likeness (QED) is 0.724. The molecule has 0 radical (unpaired) electrons. The minimum absolute atomic E-state index is 0.208. The summed E-state index contributed by atoms with van der Waals surface area (Å²) in [6, 6.07) is 4.53. The highest BCUT2D eigenvalue weighted by atomic mass is 19.1. The third-order valence-corrected chi connectivity index (χ3v) is 4.43. The number of hydrazone groups is 1. The van der Waals surface area contributed by atoms with Crippen molar-refractivity contribution in [3.05, 3.63) is 24.0 Å². The second-order valence-electron chi connectivity index (χ2n) is 6.88. The monoisotopic (exact) mass is 423 g/mol. The number of halogens is 1. The van der Waals surface area contributed by atoms with Gasteiger partial charge in [-0.3, -0.25) is 14.7 Å². The lowest BCUT2D eigenvalue weighted by Gasteiger charge is -2.31. The Morgan fingerprint density at radius 3 is 2.70 bits per heavy atom. The highest BCUT2D eigenvalue weighted by Gasteiger charge is 2.33. The average molecular weight is 423 g/mol. The number of ether oxygens (including phenoxy) is 1. The lowest BCUT2D eigenvalue weighted by atomic mass is 10.2. The van der Waals surface area contributed by atoms with Gasteiger partial charge < -0.3 is 20.1 Å². The van der Waals surface area contributed by atoms with Crippen molar-refractivity contribution in [2.45, 2.75) is 39.9 Å². The smallest absolute Gasteiger partial charge is 0.414 e. The van der Waals surface area contributed by atoms with E-state index < -0.39 is 24.1 Å². The Morgan fingerprint density at radius 1 is 1.40 bits per heavy atom. The predicted octanol–water partition coefficient (Wildman–Crippen LogP) is 1.76. The number of hydrogen-bond donors (Lipinski definition) is 2. The lowest BCUT2D eigenvalue weighted by molar-refractivity contribution is -0.119. The second-order valence-corrected chi connectivity index (χ2v) is 6.88. The molecule has 3 rings (SSSR count). The number of aliphatic hydroxyl groups is 1. The van der Waals surface area contributed by atoms with Gasteiger partial charge in [-0.1, -0.05) is 13.8 Å². The van der Waals surface area contributed by atoms with Crippen LogP contribution in [0, 0.1) is 5.82 Å². The first-order valence-corrected chi connectivity index (χ1v) is 10.1. The Balaban J connectivity index is 0.00000155. The van der Waals surface area contributed by atoms with Gasteiger partial charge in [-0.25, -0.2) is 9.18 Å². The van der Waals surface area contributed by atoms with E-state index in [1.54, 1.807) is 29.0 Å². The molecule has 2 amide bonds. The average Bonchev–Trinajstić information content (AvgIpc) is 3.09. The van der Waals surface area contributed by atoms with Crippen molar-refractivity contribution < 1.29 is 23.8 Å². The fraction of sp³-hybridized carbons (Fsp3) is 0.550. The first-order chi connectivity index (χ1) is 14.3. The first kappa shape index (κ1) is 23.4. The predicted molar refractivity (Wildman–Crippen MR) is 113 cm³/mol. The normalized spacial score (nSPS) is 19.2. The van der Waals surface area contributed by atoms with Gasteiger partial charge in [0.25, 0.3) is 0 Å². The molecule has 2 N–H and O–H groups in total. The van der Waals surface area contributed by atoms with Gasteiger partial charge in [0.15, 0.2) is 0 Å². The van der Waals surface area contributed by atoms with Crippen LogP contribution in [-0.4, -0.2) is 73.4 Å². The van der Waals surface area contributed by atoms with E-state index in [2.05, 4.69) is 10.4 Å². The zero-order valence-electron chi connectivity index (χ0n) is 17.8. The first-order valence-electron chi connectivity index (χ1n) is 10.1. The summed E-state index contributed by atoms with van der Waals surface area (Å²) in [5, 5.41) is 18.0. The fourth-order valence-corrected chi connectivity index (χ4v) is 3.09. The SMILES string of the molecule is CC.CC(=O)NCC1CN(c2ccc(N3C=NN(CC(C)O)CC3)c(F)c2)C(=O)O1. The molecule has 2 aliphatic rings. The number of carbonyl (C=O) groups excluding carboxylic acids is 2. The number of nitrogens with one attached hydrogen (secondary N) is 1. The minimum Gasteiger partial charge on any atom is -0.442 e. The van der Waals surface area contributed by atoms with E-state index in [1.165, 1.54) is 24.2 Å². The minimum atomic E-state index is -0.573. The Labute approximate surface area is 176 Å². The van der Waals surface area contributed by atoms with Crippen LogP contribution in [-0.2, 0) is 9.53 Å². The molecule has 166 valence electrons. The van der Waals surface area contributed by atoms with Gasteiger partial charge in [0.05, 0.1) is 43.7 Å².